The quantitative estimate of drug-likeness (QED) is 0.706. The van der Waals surface area contributed by atoms with Gasteiger partial charge in [-0.2, -0.15) is 17.4 Å². The lowest BCUT2D eigenvalue weighted by Gasteiger charge is -2.27. The van der Waals surface area contributed by atoms with Crippen LogP contribution in [0, 0.1) is 0 Å². The molecule has 2 fully saturated rings. The Morgan fingerprint density at radius 3 is 2.31 bits per heavy atom. The van der Waals surface area contributed by atoms with E-state index in [1.165, 1.54) is 4.31 Å². The fourth-order valence-corrected chi connectivity index (χ4v) is 3.99. The van der Waals surface area contributed by atoms with E-state index in [4.69, 9.17) is 5.11 Å². The second-order valence-corrected chi connectivity index (χ2v) is 6.32. The van der Waals surface area contributed by atoms with Gasteiger partial charge in [-0.25, -0.2) is 0 Å². The molecule has 94 valence electrons. The van der Waals surface area contributed by atoms with E-state index >= 15 is 0 Å². The Bertz CT molecular complexity index is 321. The number of nitrogens with zero attached hydrogens (tertiary/aromatic N) is 1. The van der Waals surface area contributed by atoms with Gasteiger partial charge in [-0.05, 0) is 25.7 Å². The highest BCUT2D eigenvalue weighted by Gasteiger charge is 2.35. The zero-order valence-electron chi connectivity index (χ0n) is 9.43. The van der Waals surface area contributed by atoms with E-state index in [1.807, 2.05) is 0 Å². The van der Waals surface area contributed by atoms with Crippen molar-refractivity contribution in [2.45, 2.75) is 50.6 Å². The van der Waals surface area contributed by atoms with Gasteiger partial charge in [-0.15, -0.1) is 0 Å². The molecule has 2 rings (SSSR count). The van der Waals surface area contributed by atoms with Gasteiger partial charge in [-0.3, -0.25) is 0 Å². The molecule has 5 nitrogen and oxygen atoms in total. The lowest BCUT2D eigenvalue weighted by Crippen LogP contribution is -2.47. The Morgan fingerprint density at radius 1 is 1.19 bits per heavy atom. The predicted octanol–water partition coefficient (Wildman–Crippen LogP) is 0.220. The summed E-state index contributed by atoms with van der Waals surface area (Å²) in [6, 6.07) is 0.219. The van der Waals surface area contributed by atoms with Crippen molar-refractivity contribution in [3.63, 3.8) is 0 Å². The summed E-state index contributed by atoms with van der Waals surface area (Å²) in [4.78, 5) is 0. The van der Waals surface area contributed by atoms with Crippen molar-refractivity contribution in [1.29, 1.82) is 0 Å². The first-order valence-electron chi connectivity index (χ1n) is 6.03. The van der Waals surface area contributed by atoms with Crippen LogP contribution < -0.4 is 4.72 Å². The van der Waals surface area contributed by atoms with Crippen molar-refractivity contribution >= 4 is 10.2 Å². The molecule has 0 aromatic rings. The lowest BCUT2D eigenvalue weighted by atomic mass is 10.2. The fraction of sp³-hybridized carbons (Fsp3) is 1.00. The van der Waals surface area contributed by atoms with E-state index in [1.54, 1.807) is 0 Å². The zero-order chi connectivity index (χ0) is 11.6. The van der Waals surface area contributed by atoms with Crippen LogP contribution in [0.2, 0.25) is 0 Å². The molecular formula is C10H20N2O3S. The molecule has 6 heteroatoms. The second kappa shape index (κ2) is 5.00. The normalized spacial score (nSPS) is 23.1. The van der Waals surface area contributed by atoms with Crippen LogP contribution in [0.15, 0.2) is 0 Å². The van der Waals surface area contributed by atoms with E-state index in [0.717, 1.165) is 38.5 Å². The zero-order valence-corrected chi connectivity index (χ0v) is 10.2. The molecule has 0 aromatic heterocycles. The van der Waals surface area contributed by atoms with Crippen molar-refractivity contribution in [3.8, 4) is 0 Å². The van der Waals surface area contributed by atoms with E-state index in [9.17, 15) is 8.42 Å². The van der Waals surface area contributed by atoms with Crippen LogP contribution in [0.1, 0.15) is 38.5 Å². The smallest absolute Gasteiger partial charge is 0.280 e. The Kier molecular flexibility index (Phi) is 3.84. The number of rotatable bonds is 6. The maximum absolute atomic E-state index is 12.1. The van der Waals surface area contributed by atoms with Crippen LogP contribution in [0.4, 0.5) is 0 Å². The molecule has 16 heavy (non-hydrogen) atoms. The average Bonchev–Trinajstić information content (AvgIpc) is 2.86. The molecular weight excluding hydrogens is 228 g/mol. The van der Waals surface area contributed by atoms with Gasteiger partial charge in [0, 0.05) is 18.6 Å². The molecule has 0 heterocycles. The largest absolute Gasteiger partial charge is 0.395 e. The van der Waals surface area contributed by atoms with Crippen LogP contribution in [-0.2, 0) is 10.2 Å². The predicted molar refractivity (Wildman–Crippen MR) is 61.1 cm³/mol. The fourth-order valence-electron chi connectivity index (χ4n) is 2.27. The molecule has 0 bridgehead atoms. The van der Waals surface area contributed by atoms with Crippen molar-refractivity contribution in [2.75, 3.05) is 13.2 Å². The van der Waals surface area contributed by atoms with Gasteiger partial charge in [0.1, 0.15) is 0 Å². The van der Waals surface area contributed by atoms with Gasteiger partial charge in [0.25, 0.3) is 10.2 Å². The molecule has 0 radical (unpaired) electrons. The molecule has 0 amide bonds. The van der Waals surface area contributed by atoms with Crippen LogP contribution in [0.5, 0.6) is 0 Å². The molecule has 2 aliphatic carbocycles. The summed E-state index contributed by atoms with van der Waals surface area (Å²) in [6.45, 7) is 0.106. The minimum atomic E-state index is -3.38. The highest BCUT2D eigenvalue weighted by atomic mass is 32.2. The van der Waals surface area contributed by atoms with Gasteiger partial charge in [0.15, 0.2) is 0 Å². The topological polar surface area (TPSA) is 69.6 Å². The Morgan fingerprint density at radius 2 is 1.81 bits per heavy atom. The molecule has 0 spiro atoms. The molecule has 0 atom stereocenters. The Balaban J connectivity index is 2.03. The van der Waals surface area contributed by atoms with E-state index in [0.29, 0.717) is 0 Å². The summed E-state index contributed by atoms with van der Waals surface area (Å²) in [5.41, 5.74) is 0. The first-order chi connectivity index (χ1) is 7.63. The van der Waals surface area contributed by atoms with Gasteiger partial charge in [-0.1, -0.05) is 12.8 Å². The molecule has 2 aliphatic rings. The third kappa shape index (κ3) is 2.94. The molecule has 2 N–H and O–H groups in total. The van der Waals surface area contributed by atoms with Crippen LogP contribution >= 0.6 is 0 Å². The number of aliphatic hydroxyl groups is 1. The SMILES string of the molecule is O=S(=O)(NC1CC1)N(CCO)C1CCCC1. The second-order valence-electron chi connectivity index (χ2n) is 4.67. The third-order valence-corrected chi connectivity index (χ3v) is 4.98. The number of aliphatic hydroxyl groups excluding tert-OH is 1. The van der Waals surface area contributed by atoms with Gasteiger partial charge >= 0.3 is 0 Å². The minimum absolute atomic E-state index is 0.0865. The summed E-state index contributed by atoms with van der Waals surface area (Å²) < 4.78 is 28.3. The van der Waals surface area contributed by atoms with Gasteiger partial charge in [0.05, 0.1) is 6.61 Å². The highest BCUT2D eigenvalue weighted by molar-refractivity contribution is 7.87. The summed E-state index contributed by atoms with van der Waals surface area (Å²) in [5.74, 6) is 0. The maximum Gasteiger partial charge on any atom is 0.280 e. The number of hydrogen-bond acceptors (Lipinski definition) is 3. The average molecular weight is 248 g/mol. The summed E-state index contributed by atoms with van der Waals surface area (Å²) >= 11 is 0. The maximum atomic E-state index is 12.1. The molecule has 0 saturated heterocycles. The van der Waals surface area contributed by atoms with Crippen molar-refractivity contribution < 1.29 is 13.5 Å². The molecule has 0 aliphatic heterocycles. The van der Waals surface area contributed by atoms with Crippen molar-refractivity contribution in [3.05, 3.63) is 0 Å². The summed E-state index contributed by atoms with van der Waals surface area (Å²) in [5, 5.41) is 8.98. The molecule has 2 saturated carbocycles. The summed E-state index contributed by atoms with van der Waals surface area (Å²) in [6.07, 6.45) is 5.90. The van der Waals surface area contributed by atoms with Crippen molar-refractivity contribution in [1.82, 2.24) is 9.03 Å². The van der Waals surface area contributed by atoms with E-state index < -0.39 is 10.2 Å². The highest BCUT2D eigenvalue weighted by Crippen LogP contribution is 2.27. The van der Waals surface area contributed by atoms with Gasteiger partial charge in [0.2, 0.25) is 0 Å². The van der Waals surface area contributed by atoms with E-state index in [-0.39, 0.29) is 25.2 Å². The molecule has 0 unspecified atom stereocenters. The third-order valence-electron chi connectivity index (χ3n) is 3.25. The number of nitrogens with one attached hydrogen (secondary N) is 1. The first-order valence-corrected chi connectivity index (χ1v) is 7.47. The van der Waals surface area contributed by atoms with Crippen molar-refractivity contribution in [2.24, 2.45) is 0 Å². The van der Waals surface area contributed by atoms with E-state index in [2.05, 4.69) is 4.72 Å². The Labute approximate surface area is 97.0 Å². The number of hydrogen-bond donors (Lipinski definition) is 2. The van der Waals surface area contributed by atoms with Gasteiger partial charge < -0.3 is 5.11 Å². The van der Waals surface area contributed by atoms with Crippen LogP contribution in [-0.4, -0.2) is 43.1 Å². The monoisotopic (exact) mass is 248 g/mol. The lowest BCUT2D eigenvalue weighted by molar-refractivity contribution is 0.224. The van der Waals surface area contributed by atoms with Crippen LogP contribution in [0.3, 0.4) is 0 Å². The molecule has 0 aromatic carbocycles. The summed E-state index contributed by atoms with van der Waals surface area (Å²) in [7, 11) is -3.38. The van der Waals surface area contributed by atoms with Crippen LogP contribution in [0.25, 0.3) is 0 Å². The standard InChI is InChI=1S/C10H20N2O3S/c13-8-7-12(10-3-1-2-4-10)16(14,15)11-9-5-6-9/h9-11,13H,1-8H2. The minimum Gasteiger partial charge on any atom is -0.395 e. The first kappa shape index (κ1) is 12.3. The Hall–Kier alpha value is -0.170.